The summed E-state index contributed by atoms with van der Waals surface area (Å²) in [5.41, 5.74) is 0.848. The van der Waals surface area contributed by atoms with Crippen molar-refractivity contribution in [2.24, 2.45) is 0 Å². The minimum absolute atomic E-state index is 0.848. The molecule has 0 heterocycles. The van der Waals surface area contributed by atoms with Crippen LogP contribution in [0.1, 0.15) is 39.0 Å². The van der Waals surface area contributed by atoms with Gasteiger partial charge in [0.15, 0.2) is 0 Å². The van der Waals surface area contributed by atoms with Gasteiger partial charge in [0.05, 0.1) is 6.07 Å². The van der Waals surface area contributed by atoms with E-state index in [1.807, 2.05) is 0 Å². The molecule has 0 aromatic rings. The molecule has 0 fully saturated rings. The smallest absolute Gasteiger partial charge is 0.0947 e. The highest BCUT2D eigenvalue weighted by molar-refractivity contribution is 5.24. The molecule has 0 saturated heterocycles. The molecule has 0 aromatic heterocycles. The zero-order chi connectivity index (χ0) is 9.23. The van der Waals surface area contributed by atoms with E-state index in [2.05, 4.69) is 19.6 Å². The Balaban J connectivity index is 3.54. The maximum absolute atomic E-state index is 8.65. The van der Waals surface area contributed by atoms with Gasteiger partial charge in [-0.2, -0.15) is 5.26 Å². The first-order valence-electron chi connectivity index (χ1n) is 4.56. The third-order valence-electron chi connectivity index (χ3n) is 1.76. The van der Waals surface area contributed by atoms with Crippen LogP contribution in [0, 0.1) is 11.3 Å². The summed E-state index contributed by atoms with van der Waals surface area (Å²) in [4.78, 5) is 0. The quantitative estimate of drug-likeness (QED) is 0.333. The van der Waals surface area contributed by atoms with Gasteiger partial charge in [-0.3, -0.25) is 0 Å². The van der Waals surface area contributed by atoms with E-state index in [1.165, 1.54) is 19.3 Å². The molecule has 0 aliphatic carbocycles. The maximum atomic E-state index is 8.65. The molecule has 0 atom stereocenters. The number of hydrogen-bond acceptors (Lipinski definition) is 1. The molecule has 0 radical (unpaired) electrons. The predicted octanol–water partition coefficient (Wildman–Crippen LogP) is 3.59. The molecule has 0 aromatic carbocycles. The van der Waals surface area contributed by atoms with Crippen LogP contribution in [0.25, 0.3) is 0 Å². The van der Waals surface area contributed by atoms with Crippen LogP contribution in [0.15, 0.2) is 24.3 Å². The van der Waals surface area contributed by atoms with Gasteiger partial charge < -0.3 is 0 Å². The molecule has 1 nitrogen and oxygen atoms in total. The molecule has 0 rings (SSSR count). The lowest BCUT2D eigenvalue weighted by Gasteiger charge is -1.96. The van der Waals surface area contributed by atoms with Gasteiger partial charge in [0.25, 0.3) is 0 Å². The summed E-state index contributed by atoms with van der Waals surface area (Å²) in [5.74, 6) is 0. The summed E-state index contributed by atoms with van der Waals surface area (Å²) < 4.78 is 0. The Kier molecular flexibility index (Phi) is 7.38. The van der Waals surface area contributed by atoms with Gasteiger partial charge in [-0.15, -0.1) is 0 Å². The van der Waals surface area contributed by atoms with Crippen molar-refractivity contribution in [3.63, 3.8) is 0 Å². The minimum Gasteiger partial charge on any atom is -0.193 e. The van der Waals surface area contributed by atoms with E-state index in [9.17, 15) is 0 Å². The molecule has 1 heteroatoms. The molecular weight excluding hydrogens is 146 g/mol. The maximum Gasteiger partial charge on any atom is 0.0947 e. The Hall–Kier alpha value is -1.03. The van der Waals surface area contributed by atoms with Crippen LogP contribution >= 0.6 is 0 Å². The van der Waals surface area contributed by atoms with Crippen molar-refractivity contribution in [1.82, 2.24) is 0 Å². The molecule has 0 spiro atoms. The van der Waals surface area contributed by atoms with Crippen LogP contribution in [0.2, 0.25) is 0 Å². The molecule has 12 heavy (non-hydrogen) atoms. The third kappa shape index (κ3) is 5.73. The zero-order valence-electron chi connectivity index (χ0n) is 7.84. The van der Waals surface area contributed by atoms with Crippen LogP contribution in [0.3, 0.4) is 0 Å². The number of nitrogens with zero attached hydrogens (tertiary/aromatic N) is 1. The van der Waals surface area contributed by atoms with Crippen molar-refractivity contribution in [3.05, 3.63) is 24.3 Å². The van der Waals surface area contributed by atoms with Gasteiger partial charge in [-0.1, -0.05) is 38.8 Å². The Morgan fingerprint density at radius 3 is 2.67 bits per heavy atom. The summed E-state index contributed by atoms with van der Waals surface area (Å²) >= 11 is 0. The molecule has 0 amide bonds. The van der Waals surface area contributed by atoms with Crippen molar-refractivity contribution >= 4 is 0 Å². The van der Waals surface area contributed by atoms with Crippen LogP contribution in [0.4, 0.5) is 0 Å². The fourth-order valence-corrected chi connectivity index (χ4v) is 1.06. The molecule has 0 aliphatic heterocycles. The fraction of sp³-hybridized carbons (Fsp3) is 0.545. The molecular formula is C11H17N. The van der Waals surface area contributed by atoms with E-state index >= 15 is 0 Å². The van der Waals surface area contributed by atoms with Gasteiger partial charge >= 0.3 is 0 Å². The summed E-state index contributed by atoms with van der Waals surface area (Å²) in [6.45, 7) is 5.75. The summed E-state index contributed by atoms with van der Waals surface area (Å²) in [6, 6.07) is 2.17. The van der Waals surface area contributed by atoms with Crippen LogP contribution in [-0.2, 0) is 0 Å². The molecule has 0 bridgehead atoms. The highest BCUT2D eigenvalue weighted by atomic mass is 14.2. The summed E-state index contributed by atoms with van der Waals surface area (Å²) in [7, 11) is 0. The van der Waals surface area contributed by atoms with Gasteiger partial charge in [0.1, 0.15) is 0 Å². The Morgan fingerprint density at radius 1 is 1.42 bits per heavy atom. The van der Waals surface area contributed by atoms with E-state index < -0.39 is 0 Å². The van der Waals surface area contributed by atoms with Gasteiger partial charge in [0, 0.05) is 5.57 Å². The minimum atomic E-state index is 0.848. The standard InChI is InChI=1S/C11H17N/c1-3-5-6-7-9-11(10-12)8-4-2/h4,8H,2-3,5-7,9H2,1H3. The van der Waals surface area contributed by atoms with E-state index in [0.717, 1.165) is 18.4 Å². The van der Waals surface area contributed by atoms with Crippen molar-refractivity contribution in [1.29, 1.82) is 5.26 Å². The molecule has 66 valence electrons. The highest BCUT2D eigenvalue weighted by Gasteiger charge is 1.93. The average molecular weight is 163 g/mol. The molecule has 0 aliphatic rings. The Morgan fingerprint density at radius 2 is 2.17 bits per heavy atom. The van der Waals surface area contributed by atoms with Gasteiger partial charge in [-0.05, 0) is 18.9 Å². The zero-order valence-corrected chi connectivity index (χ0v) is 7.84. The van der Waals surface area contributed by atoms with Crippen molar-refractivity contribution in [2.45, 2.75) is 39.0 Å². The second-order valence-electron chi connectivity index (χ2n) is 2.85. The molecule has 0 unspecified atom stereocenters. The average Bonchev–Trinajstić information content (AvgIpc) is 2.10. The van der Waals surface area contributed by atoms with E-state index in [-0.39, 0.29) is 0 Å². The Bertz CT molecular complexity index is 184. The van der Waals surface area contributed by atoms with Crippen molar-refractivity contribution in [3.8, 4) is 6.07 Å². The summed E-state index contributed by atoms with van der Waals surface area (Å²) in [5, 5.41) is 8.65. The van der Waals surface area contributed by atoms with Gasteiger partial charge in [-0.25, -0.2) is 0 Å². The van der Waals surface area contributed by atoms with E-state index in [1.54, 1.807) is 12.2 Å². The monoisotopic (exact) mass is 163 g/mol. The first-order chi connectivity index (χ1) is 5.85. The number of hydrogen-bond donors (Lipinski definition) is 0. The van der Waals surface area contributed by atoms with Gasteiger partial charge in [0.2, 0.25) is 0 Å². The number of allylic oxidation sites excluding steroid dienone is 3. The third-order valence-corrected chi connectivity index (χ3v) is 1.76. The number of unbranched alkanes of at least 4 members (excludes halogenated alkanes) is 3. The molecule has 0 saturated carbocycles. The largest absolute Gasteiger partial charge is 0.193 e. The lowest BCUT2D eigenvalue weighted by atomic mass is 10.1. The Labute approximate surface area is 75.4 Å². The highest BCUT2D eigenvalue weighted by Crippen LogP contribution is 2.09. The first kappa shape index (κ1) is 11.0. The predicted molar refractivity (Wildman–Crippen MR) is 52.7 cm³/mol. The van der Waals surface area contributed by atoms with E-state index in [0.29, 0.717) is 0 Å². The van der Waals surface area contributed by atoms with E-state index in [4.69, 9.17) is 5.26 Å². The van der Waals surface area contributed by atoms with Crippen LogP contribution < -0.4 is 0 Å². The molecule has 0 N–H and O–H groups in total. The van der Waals surface area contributed by atoms with Crippen molar-refractivity contribution < 1.29 is 0 Å². The fourth-order valence-electron chi connectivity index (χ4n) is 1.06. The lowest BCUT2D eigenvalue weighted by Crippen LogP contribution is -1.80. The number of rotatable bonds is 6. The second-order valence-corrected chi connectivity index (χ2v) is 2.85. The van der Waals surface area contributed by atoms with Crippen LogP contribution in [-0.4, -0.2) is 0 Å². The topological polar surface area (TPSA) is 23.8 Å². The normalized spacial score (nSPS) is 10.8. The SMILES string of the molecule is C=CC=C(C#N)CCCCCC. The van der Waals surface area contributed by atoms with Crippen LogP contribution in [0.5, 0.6) is 0 Å². The lowest BCUT2D eigenvalue weighted by molar-refractivity contribution is 0.669. The van der Waals surface area contributed by atoms with Crippen molar-refractivity contribution in [2.75, 3.05) is 0 Å². The summed E-state index contributed by atoms with van der Waals surface area (Å²) in [6.07, 6.45) is 9.25. The second kappa shape index (κ2) is 8.07. The first-order valence-corrected chi connectivity index (χ1v) is 4.56. The number of nitriles is 1.